The lowest BCUT2D eigenvalue weighted by molar-refractivity contribution is -0.121. The number of sulfone groups is 1. The first kappa shape index (κ1) is 18.7. The van der Waals surface area contributed by atoms with E-state index in [1.54, 1.807) is 19.2 Å². The first-order valence-electron chi connectivity index (χ1n) is 8.71. The number of carbonyl (C=O) groups excluding carboxylic acids is 1. The van der Waals surface area contributed by atoms with E-state index in [-0.39, 0.29) is 11.8 Å². The molecule has 1 atom stereocenters. The summed E-state index contributed by atoms with van der Waals surface area (Å²) < 4.78 is 25.4. The van der Waals surface area contributed by atoms with Crippen LogP contribution in [0.3, 0.4) is 0 Å². The molecule has 0 fully saturated rings. The van der Waals surface area contributed by atoms with E-state index in [4.69, 9.17) is 0 Å². The second kappa shape index (κ2) is 7.63. The van der Waals surface area contributed by atoms with E-state index in [1.165, 1.54) is 11.9 Å². The van der Waals surface area contributed by atoms with Gasteiger partial charge >= 0.3 is 0 Å². The van der Waals surface area contributed by atoms with Crippen LogP contribution in [-0.2, 0) is 34.3 Å². The molecule has 2 aromatic rings. The fourth-order valence-electron chi connectivity index (χ4n) is 3.48. The smallest absolute Gasteiger partial charge is 0.220 e. The minimum absolute atomic E-state index is 0.0584. The number of benzene rings is 1. The molecule has 2 heterocycles. The maximum absolute atomic E-state index is 11.8. The van der Waals surface area contributed by atoms with E-state index in [1.807, 2.05) is 18.2 Å². The van der Waals surface area contributed by atoms with E-state index in [9.17, 15) is 13.2 Å². The molecule has 1 aromatic heterocycles. The predicted octanol–water partition coefficient (Wildman–Crippen LogP) is 1.66. The molecule has 1 N–H and O–H groups in total. The maximum atomic E-state index is 11.8. The van der Waals surface area contributed by atoms with Gasteiger partial charge in [-0.3, -0.25) is 9.69 Å². The molecule has 0 aliphatic carbocycles. The van der Waals surface area contributed by atoms with E-state index in [0.29, 0.717) is 11.3 Å². The number of nitrogens with one attached hydrogen (secondary N) is 1. The molecule has 7 heteroatoms. The fourth-order valence-corrected chi connectivity index (χ4v) is 4.11. The Kier molecular flexibility index (Phi) is 5.48. The van der Waals surface area contributed by atoms with Gasteiger partial charge in [0.1, 0.15) is 0 Å². The molecule has 1 aliphatic rings. The Morgan fingerprint density at radius 1 is 1.19 bits per heavy atom. The number of rotatable bonds is 5. The van der Waals surface area contributed by atoms with Crippen LogP contribution >= 0.6 is 0 Å². The Balaban J connectivity index is 1.76. The highest BCUT2D eigenvalue weighted by Gasteiger charge is 2.23. The third kappa shape index (κ3) is 4.53. The molecule has 0 saturated carbocycles. The van der Waals surface area contributed by atoms with Crippen molar-refractivity contribution in [2.45, 2.75) is 31.0 Å². The van der Waals surface area contributed by atoms with Crippen LogP contribution in [0.25, 0.3) is 0 Å². The number of hydrogen-bond donors (Lipinski definition) is 1. The van der Waals surface area contributed by atoms with Crippen molar-refractivity contribution in [3.05, 3.63) is 53.9 Å². The van der Waals surface area contributed by atoms with Crippen LogP contribution in [-0.4, -0.2) is 43.6 Å². The van der Waals surface area contributed by atoms with Crippen LogP contribution in [0, 0.1) is 5.92 Å². The third-order valence-corrected chi connectivity index (χ3v) is 5.92. The minimum Gasteiger partial charge on any atom is -0.359 e. The van der Waals surface area contributed by atoms with Gasteiger partial charge in [-0.1, -0.05) is 12.1 Å². The molecule has 3 rings (SSSR count). The summed E-state index contributed by atoms with van der Waals surface area (Å²) >= 11 is 0. The molecule has 26 heavy (non-hydrogen) atoms. The molecule has 0 bridgehead atoms. The van der Waals surface area contributed by atoms with E-state index in [0.717, 1.165) is 31.7 Å². The third-order valence-electron chi connectivity index (χ3n) is 4.79. The number of nitrogens with zero attached hydrogens (tertiary/aromatic N) is 2. The first-order valence-corrected chi connectivity index (χ1v) is 10.6. The molecule has 6 nitrogen and oxygen atoms in total. The Morgan fingerprint density at radius 2 is 1.92 bits per heavy atom. The van der Waals surface area contributed by atoms with Crippen molar-refractivity contribution in [2.75, 3.05) is 19.8 Å². The summed E-state index contributed by atoms with van der Waals surface area (Å²) in [6.45, 7) is 3.19. The van der Waals surface area contributed by atoms with Gasteiger partial charge in [0.25, 0.3) is 0 Å². The van der Waals surface area contributed by atoms with Crippen molar-refractivity contribution in [2.24, 2.45) is 5.92 Å². The maximum Gasteiger partial charge on any atom is 0.220 e. The zero-order valence-corrected chi connectivity index (χ0v) is 16.0. The van der Waals surface area contributed by atoms with Crippen LogP contribution < -0.4 is 5.32 Å². The molecular formula is C19H25N3O3S. The average molecular weight is 375 g/mol. The van der Waals surface area contributed by atoms with Gasteiger partial charge in [-0.25, -0.2) is 8.42 Å². The van der Waals surface area contributed by atoms with Crippen LogP contribution in [0.15, 0.2) is 47.5 Å². The van der Waals surface area contributed by atoms with Gasteiger partial charge < -0.3 is 9.88 Å². The summed E-state index contributed by atoms with van der Waals surface area (Å²) in [7, 11) is -1.51. The number of hydrogen-bond acceptors (Lipinski definition) is 4. The second-order valence-electron chi connectivity index (χ2n) is 6.98. The molecule has 0 spiro atoms. The van der Waals surface area contributed by atoms with Crippen molar-refractivity contribution < 1.29 is 13.2 Å². The highest BCUT2D eigenvalue weighted by molar-refractivity contribution is 7.90. The normalized spacial score (nSPS) is 18.2. The molecule has 0 radical (unpaired) electrons. The predicted molar refractivity (Wildman–Crippen MR) is 100 cm³/mol. The summed E-state index contributed by atoms with van der Waals surface area (Å²) in [4.78, 5) is 14.5. The topological polar surface area (TPSA) is 71.4 Å². The average Bonchev–Trinajstić information content (AvgIpc) is 2.94. The minimum atomic E-state index is -3.18. The SMILES string of the molecule is CNC(=O)CC1CN(Cc2ccc(S(C)(=O)=O)cc2)Cc2cccn2C1. The van der Waals surface area contributed by atoms with Crippen LogP contribution in [0.2, 0.25) is 0 Å². The summed E-state index contributed by atoms with van der Waals surface area (Å²) in [6, 6.07) is 11.2. The number of carbonyl (C=O) groups is 1. The summed E-state index contributed by atoms with van der Waals surface area (Å²) in [5.74, 6) is 0.293. The van der Waals surface area contributed by atoms with Crippen LogP contribution in [0.5, 0.6) is 0 Å². The van der Waals surface area contributed by atoms with E-state index >= 15 is 0 Å². The van der Waals surface area contributed by atoms with Crippen molar-refractivity contribution in [1.82, 2.24) is 14.8 Å². The monoisotopic (exact) mass is 375 g/mol. The highest BCUT2D eigenvalue weighted by atomic mass is 32.2. The van der Waals surface area contributed by atoms with Gasteiger partial charge in [0, 0.05) is 57.8 Å². The molecule has 1 amide bonds. The van der Waals surface area contributed by atoms with Gasteiger partial charge in [-0.05, 0) is 35.7 Å². The van der Waals surface area contributed by atoms with Gasteiger partial charge in [-0.2, -0.15) is 0 Å². The number of aromatic nitrogens is 1. The summed E-state index contributed by atoms with van der Waals surface area (Å²) in [5, 5.41) is 2.71. The highest BCUT2D eigenvalue weighted by Crippen LogP contribution is 2.21. The van der Waals surface area contributed by atoms with Gasteiger partial charge in [-0.15, -0.1) is 0 Å². The zero-order valence-electron chi connectivity index (χ0n) is 15.2. The van der Waals surface area contributed by atoms with E-state index in [2.05, 4.69) is 27.0 Å². The number of amides is 1. The molecular weight excluding hydrogens is 350 g/mol. The van der Waals surface area contributed by atoms with Gasteiger partial charge in [0.05, 0.1) is 4.90 Å². The Morgan fingerprint density at radius 3 is 2.58 bits per heavy atom. The van der Waals surface area contributed by atoms with Gasteiger partial charge in [0.15, 0.2) is 9.84 Å². The largest absolute Gasteiger partial charge is 0.359 e. The molecule has 140 valence electrons. The summed E-state index contributed by atoms with van der Waals surface area (Å²) in [5.41, 5.74) is 2.30. The quantitative estimate of drug-likeness (QED) is 0.863. The van der Waals surface area contributed by atoms with Crippen molar-refractivity contribution >= 4 is 15.7 Å². The van der Waals surface area contributed by atoms with E-state index < -0.39 is 9.84 Å². The fraction of sp³-hybridized carbons (Fsp3) is 0.421. The van der Waals surface area contributed by atoms with Crippen molar-refractivity contribution in [1.29, 1.82) is 0 Å². The lowest BCUT2D eigenvalue weighted by Gasteiger charge is -2.23. The molecule has 1 unspecified atom stereocenters. The first-order chi connectivity index (χ1) is 12.3. The zero-order chi connectivity index (χ0) is 18.7. The molecule has 0 saturated heterocycles. The second-order valence-corrected chi connectivity index (χ2v) is 9.00. The van der Waals surface area contributed by atoms with Crippen molar-refractivity contribution in [3.8, 4) is 0 Å². The Labute approximate surface area is 154 Å². The summed E-state index contributed by atoms with van der Waals surface area (Å²) in [6.07, 6.45) is 3.78. The lowest BCUT2D eigenvalue weighted by atomic mass is 10.0. The standard InChI is InChI=1S/C19H25N3O3S/c1-20-19(23)10-16-12-21(14-17-4-3-9-22(17)13-16)11-15-5-7-18(8-6-15)26(2,24)25/h3-9,16H,10-14H2,1-2H3,(H,20,23). The number of fused-ring (bicyclic) bond motifs is 1. The van der Waals surface area contributed by atoms with Crippen LogP contribution in [0.4, 0.5) is 0 Å². The molecule has 1 aromatic carbocycles. The van der Waals surface area contributed by atoms with Crippen molar-refractivity contribution in [3.63, 3.8) is 0 Å². The van der Waals surface area contributed by atoms with Gasteiger partial charge in [0.2, 0.25) is 5.91 Å². The molecule has 1 aliphatic heterocycles. The Bertz CT molecular complexity index is 872. The lowest BCUT2D eigenvalue weighted by Crippen LogP contribution is -2.31. The Hall–Kier alpha value is -2.12. The van der Waals surface area contributed by atoms with Crippen LogP contribution in [0.1, 0.15) is 17.7 Å².